The van der Waals surface area contributed by atoms with Gasteiger partial charge in [-0.25, -0.2) is 13.8 Å². The molecule has 5 heteroatoms. The molecule has 0 bridgehead atoms. The Morgan fingerprint density at radius 2 is 2.24 bits per heavy atom. The quantitative estimate of drug-likeness (QED) is 0.816. The Balaban J connectivity index is 1.84. The molecule has 3 nitrogen and oxygen atoms in total. The van der Waals surface area contributed by atoms with Crippen LogP contribution in [-0.2, 0) is 0 Å². The van der Waals surface area contributed by atoms with Gasteiger partial charge in [-0.1, -0.05) is 0 Å². The van der Waals surface area contributed by atoms with Crippen LogP contribution in [0.5, 0.6) is 0 Å². The second kappa shape index (κ2) is 3.55. The molecule has 1 aromatic heterocycles. The third-order valence-corrected chi connectivity index (χ3v) is 3.95. The van der Waals surface area contributed by atoms with Gasteiger partial charge in [-0.05, 0) is 24.5 Å². The van der Waals surface area contributed by atoms with Crippen LogP contribution in [0, 0.1) is 11.8 Å². The highest BCUT2D eigenvalue weighted by Gasteiger charge is 2.54. The van der Waals surface area contributed by atoms with E-state index >= 15 is 0 Å². The van der Waals surface area contributed by atoms with Crippen LogP contribution in [0.1, 0.15) is 12.8 Å². The van der Waals surface area contributed by atoms with Crippen molar-refractivity contribution in [2.75, 3.05) is 23.7 Å². The molecule has 1 aliphatic carbocycles. The number of pyridine rings is 1. The van der Waals surface area contributed by atoms with E-state index in [1.807, 2.05) is 4.90 Å². The smallest absolute Gasteiger partial charge is 0.252 e. The molecule has 0 radical (unpaired) electrons. The standard InChI is InChI=1S/C12H15F2N3/c13-12(14)4-3-8-6-17(7-9(8)12)11-10(15)2-1-5-16-11/h1-2,5,8-9H,3-4,6-7,15H2/t8-,9-/m0/s1. The van der Waals surface area contributed by atoms with E-state index in [0.717, 1.165) is 0 Å². The van der Waals surface area contributed by atoms with E-state index in [0.29, 0.717) is 31.0 Å². The lowest BCUT2D eigenvalue weighted by Gasteiger charge is -2.22. The molecule has 1 aromatic rings. The first-order chi connectivity index (χ1) is 8.08. The summed E-state index contributed by atoms with van der Waals surface area (Å²) in [6, 6.07) is 3.51. The van der Waals surface area contributed by atoms with Crippen molar-refractivity contribution >= 4 is 11.5 Å². The van der Waals surface area contributed by atoms with E-state index in [9.17, 15) is 8.78 Å². The number of anilines is 2. The van der Waals surface area contributed by atoms with Crippen LogP contribution in [0.15, 0.2) is 18.3 Å². The van der Waals surface area contributed by atoms with Crippen LogP contribution in [0.2, 0.25) is 0 Å². The van der Waals surface area contributed by atoms with Crippen LogP contribution in [0.25, 0.3) is 0 Å². The summed E-state index contributed by atoms with van der Waals surface area (Å²) in [4.78, 5) is 6.09. The highest BCUT2D eigenvalue weighted by Crippen LogP contribution is 2.49. The van der Waals surface area contributed by atoms with Crippen molar-refractivity contribution in [1.29, 1.82) is 0 Å². The topological polar surface area (TPSA) is 42.1 Å². The van der Waals surface area contributed by atoms with Gasteiger partial charge in [0.25, 0.3) is 5.92 Å². The summed E-state index contributed by atoms with van der Waals surface area (Å²) >= 11 is 0. The number of fused-ring (bicyclic) bond motifs is 1. The molecule has 2 fully saturated rings. The zero-order valence-electron chi connectivity index (χ0n) is 9.44. The van der Waals surface area contributed by atoms with Crippen LogP contribution in [0.3, 0.4) is 0 Å². The summed E-state index contributed by atoms with van der Waals surface area (Å²) in [5.41, 5.74) is 6.39. The van der Waals surface area contributed by atoms with Gasteiger partial charge in [-0.2, -0.15) is 0 Å². The fourth-order valence-electron chi connectivity index (χ4n) is 3.05. The Bertz CT molecular complexity index is 436. The minimum atomic E-state index is -2.51. The van der Waals surface area contributed by atoms with E-state index in [4.69, 9.17) is 5.73 Å². The maximum atomic E-state index is 13.6. The van der Waals surface area contributed by atoms with Crippen LogP contribution >= 0.6 is 0 Å². The van der Waals surface area contributed by atoms with Crippen molar-refractivity contribution in [3.63, 3.8) is 0 Å². The zero-order valence-corrected chi connectivity index (χ0v) is 9.44. The van der Waals surface area contributed by atoms with Gasteiger partial charge < -0.3 is 10.6 Å². The molecule has 2 heterocycles. The number of halogens is 2. The predicted molar refractivity (Wildman–Crippen MR) is 62.0 cm³/mol. The molecule has 1 saturated heterocycles. The molecule has 1 aliphatic heterocycles. The van der Waals surface area contributed by atoms with Crippen LogP contribution in [-0.4, -0.2) is 24.0 Å². The Hall–Kier alpha value is -1.39. The molecule has 0 aromatic carbocycles. The second-order valence-corrected chi connectivity index (χ2v) is 4.99. The number of nitrogen functional groups attached to an aromatic ring is 1. The highest BCUT2D eigenvalue weighted by atomic mass is 19.3. The summed E-state index contributed by atoms with van der Waals surface area (Å²) in [6.45, 7) is 1.03. The number of alkyl halides is 2. The number of rotatable bonds is 1. The SMILES string of the molecule is Nc1cccnc1N1C[C@@H]2CCC(F)(F)[C@H]2C1. The molecular formula is C12H15F2N3. The third-order valence-electron chi connectivity index (χ3n) is 3.95. The number of aromatic nitrogens is 1. The van der Waals surface area contributed by atoms with E-state index in [-0.39, 0.29) is 12.3 Å². The zero-order chi connectivity index (χ0) is 12.0. The molecule has 17 heavy (non-hydrogen) atoms. The number of nitrogens with two attached hydrogens (primary N) is 1. The van der Waals surface area contributed by atoms with Gasteiger partial charge in [0, 0.05) is 31.6 Å². The maximum absolute atomic E-state index is 13.6. The van der Waals surface area contributed by atoms with Crippen molar-refractivity contribution < 1.29 is 8.78 Å². The summed E-state index contributed by atoms with van der Waals surface area (Å²) in [5, 5.41) is 0. The monoisotopic (exact) mass is 239 g/mol. The second-order valence-electron chi connectivity index (χ2n) is 4.99. The summed E-state index contributed by atoms with van der Waals surface area (Å²) in [5.74, 6) is -2.30. The van der Waals surface area contributed by atoms with Gasteiger partial charge in [0.1, 0.15) is 0 Å². The van der Waals surface area contributed by atoms with Crippen LogP contribution in [0.4, 0.5) is 20.3 Å². The minimum Gasteiger partial charge on any atom is -0.396 e. The molecule has 2 atom stereocenters. The summed E-state index contributed by atoms with van der Waals surface area (Å²) in [7, 11) is 0. The molecular weight excluding hydrogens is 224 g/mol. The molecule has 0 unspecified atom stereocenters. The highest BCUT2D eigenvalue weighted by molar-refractivity contribution is 5.62. The van der Waals surface area contributed by atoms with Gasteiger partial charge in [0.05, 0.1) is 5.69 Å². The number of hydrogen-bond acceptors (Lipinski definition) is 3. The van der Waals surface area contributed by atoms with Crippen molar-refractivity contribution in [2.24, 2.45) is 11.8 Å². The lowest BCUT2D eigenvalue weighted by molar-refractivity contribution is -0.0351. The van der Waals surface area contributed by atoms with Gasteiger partial charge in [-0.3, -0.25) is 0 Å². The average molecular weight is 239 g/mol. The fraction of sp³-hybridized carbons (Fsp3) is 0.583. The number of hydrogen-bond donors (Lipinski definition) is 1. The minimum absolute atomic E-state index is 0.0356. The molecule has 3 rings (SSSR count). The number of nitrogens with zero attached hydrogens (tertiary/aromatic N) is 2. The predicted octanol–water partition coefficient (Wildman–Crippen LogP) is 2.15. The Labute approximate surface area is 98.6 Å². The van der Waals surface area contributed by atoms with E-state index < -0.39 is 11.8 Å². The van der Waals surface area contributed by atoms with Gasteiger partial charge in [0.15, 0.2) is 5.82 Å². The lowest BCUT2D eigenvalue weighted by atomic mass is 9.99. The Morgan fingerprint density at radius 1 is 1.41 bits per heavy atom. The maximum Gasteiger partial charge on any atom is 0.252 e. The van der Waals surface area contributed by atoms with Crippen molar-refractivity contribution in [3.05, 3.63) is 18.3 Å². The third kappa shape index (κ3) is 1.64. The lowest BCUT2D eigenvalue weighted by Crippen LogP contribution is -2.29. The summed E-state index contributed by atoms with van der Waals surface area (Å²) < 4.78 is 27.2. The van der Waals surface area contributed by atoms with Crippen molar-refractivity contribution in [3.8, 4) is 0 Å². The molecule has 2 N–H and O–H groups in total. The van der Waals surface area contributed by atoms with E-state index in [1.165, 1.54) is 0 Å². The normalized spacial score (nSPS) is 30.6. The largest absolute Gasteiger partial charge is 0.396 e. The van der Waals surface area contributed by atoms with Crippen LogP contribution < -0.4 is 10.6 Å². The first-order valence-electron chi connectivity index (χ1n) is 5.91. The van der Waals surface area contributed by atoms with Gasteiger partial charge >= 0.3 is 0 Å². The molecule has 1 saturated carbocycles. The summed E-state index contributed by atoms with van der Waals surface area (Å²) in [6.07, 6.45) is 2.30. The molecule has 2 aliphatic rings. The van der Waals surface area contributed by atoms with E-state index in [2.05, 4.69) is 4.98 Å². The molecule has 0 spiro atoms. The van der Waals surface area contributed by atoms with Gasteiger partial charge in [-0.15, -0.1) is 0 Å². The molecule has 0 amide bonds. The Kier molecular flexibility index (Phi) is 2.24. The Morgan fingerprint density at radius 3 is 2.94 bits per heavy atom. The first-order valence-corrected chi connectivity index (χ1v) is 5.91. The first kappa shape index (κ1) is 10.7. The average Bonchev–Trinajstić information content (AvgIpc) is 2.81. The van der Waals surface area contributed by atoms with Crippen molar-refractivity contribution in [1.82, 2.24) is 4.98 Å². The molecule has 92 valence electrons. The van der Waals surface area contributed by atoms with Gasteiger partial charge in [0.2, 0.25) is 0 Å². The van der Waals surface area contributed by atoms with E-state index in [1.54, 1.807) is 18.3 Å². The van der Waals surface area contributed by atoms with Crippen molar-refractivity contribution in [2.45, 2.75) is 18.8 Å². The fourth-order valence-corrected chi connectivity index (χ4v) is 3.05.